The van der Waals surface area contributed by atoms with Crippen molar-refractivity contribution in [2.45, 2.75) is 17.3 Å². The highest BCUT2D eigenvalue weighted by molar-refractivity contribution is 8.00. The van der Waals surface area contributed by atoms with Gasteiger partial charge in [0.2, 0.25) is 11.0 Å². The molecule has 27 heavy (non-hydrogen) atoms. The molecule has 0 aliphatic carbocycles. The second-order valence-corrected chi connectivity index (χ2v) is 7.74. The van der Waals surface area contributed by atoms with Gasteiger partial charge in [0.15, 0.2) is 10.2 Å². The average molecular weight is 406 g/mol. The number of rotatable bonds is 7. The van der Waals surface area contributed by atoms with Crippen LogP contribution in [0.5, 0.6) is 11.5 Å². The Hall–Kier alpha value is -2.66. The maximum atomic E-state index is 12.4. The van der Waals surface area contributed by atoms with Crippen molar-refractivity contribution in [2.24, 2.45) is 7.05 Å². The van der Waals surface area contributed by atoms with Crippen LogP contribution in [-0.2, 0) is 11.8 Å². The second-order valence-electron chi connectivity index (χ2n) is 5.45. The quantitative estimate of drug-likeness (QED) is 0.597. The summed E-state index contributed by atoms with van der Waals surface area (Å²) < 4.78 is 12.4. The van der Waals surface area contributed by atoms with Gasteiger partial charge in [-0.2, -0.15) is 0 Å². The van der Waals surface area contributed by atoms with Crippen LogP contribution in [0.25, 0.3) is 10.6 Å². The molecule has 142 valence electrons. The SMILES string of the molecule is COc1ccc(-c2nnc(NC(=O)[C@@H](C)Sc3nncn3C)s2)c(OC)c1. The Labute approximate surface area is 164 Å². The van der Waals surface area contributed by atoms with E-state index in [1.54, 1.807) is 38.1 Å². The Morgan fingerprint density at radius 2 is 2.07 bits per heavy atom. The molecule has 2 aromatic heterocycles. The molecule has 0 bridgehead atoms. The molecule has 0 radical (unpaired) electrons. The molecule has 0 aliphatic rings. The summed E-state index contributed by atoms with van der Waals surface area (Å²) in [6.07, 6.45) is 1.59. The minimum absolute atomic E-state index is 0.188. The van der Waals surface area contributed by atoms with Crippen molar-refractivity contribution >= 4 is 34.1 Å². The van der Waals surface area contributed by atoms with Crippen LogP contribution in [0.15, 0.2) is 29.7 Å². The number of nitrogens with one attached hydrogen (secondary N) is 1. The Morgan fingerprint density at radius 1 is 1.26 bits per heavy atom. The molecule has 0 saturated heterocycles. The summed E-state index contributed by atoms with van der Waals surface area (Å²) in [5, 5.41) is 20.1. The summed E-state index contributed by atoms with van der Waals surface area (Å²) in [6.45, 7) is 1.79. The van der Waals surface area contributed by atoms with E-state index in [4.69, 9.17) is 9.47 Å². The third kappa shape index (κ3) is 4.37. The first-order chi connectivity index (χ1) is 13.0. The molecule has 11 heteroatoms. The molecular formula is C16H18N6O3S2. The van der Waals surface area contributed by atoms with Crippen molar-refractivity contribution < 1.29 is 14.3 Å². The van der Waals surface area contributed by atoms with Crippen molar-refractivity contribution in [1.29, 1.82) is 0 Å². The Balaban J connectivity index is 1.70. The van der Waals surface area contributed by atoms with Gasteiger partial charge in [-0.15, -0.1) is 20.4 Å². The molecule has 3 rings (SSSR count). The van der Waals surface area contributed by atoms with Crippen LogP contribution in [-0.4, -0.2) is 50.3 Å². The number of amides is 1. The van der Waals surface area contributed by atoms with Crippen LogP contribution in [0.1, 0.15) is 6.92 Å². The monoisotopic (exact) mass is 406 g/mol. The fourth-order valence-corrected chi connectivity index (χ4v) is 3.72. The first-order valence-electron chi connectivity index (χ1n) is 7.89. The number of nitrogens with zero attached hydrogens (tertiary/aromatic N) is 5. The van der Waals surface area contributed by atoms with Gasteiger partial charge in [0.25, 0.3) is 0 Å². The summed E-state index contributed by atoms with van der Waals surface area (Å²) in [5.74, 6) is 1.12. The highest BCUT2D eigenvalue weighted by Crippen LogP contribution is 2.36. The predicted octanol–water partition coefficient (Wildman–Crippen LogP) is 2.47. The Kier molecular flexibility index (Phi) is 5.91. The van der Waals surface area contributed by atoms with Crippen LogP contribution >= 0.6 is 23.1 Å². The molecule has 0 aliphatic heterocycles. The minimum Gasteiger partial charge on any atom is -0.497 e. The van der Waals surface area contributed by atoms with Crippen LogP contribution in [0.3, 0.4) is 0 Å². The standard InChI is InChI=1S/C16H18N6O3S2/c1-9(26-16-21-17-8-22(16)2)13(23)18-15-20-19-14(27-15)11-6-5-10(24-3)7-12(11)25-4/h5-9H,1-4H3,(H,18,20,23)/t9-/m1/s1. The molecule has 1 amide bonds. The van der Waals surface area contributed by atoms with Gasteiger partial charge in [-0.25, -0.2) is 0 Å². The van der Waals surface area contributed by atoms with Gasteiger partial charge in [-0.05, 0) is 19.1 Å². The van der Waals surface area contributed by atoms with Crippen LogP contribution in [0, 0.1) is 0 Å². The number of methoxy groups -OCH3 is 2. The number of ether oxygens (including phenoxy) is 2. The molecule has 0 spiro atoms. The van der Waals surface area contributed by atoms with E-state index in [2.05, 4.69) is 25.7 Å². The smallest absolute Gasteiger partial charge is 0.239 e. The molecule has 3 aromatic rings. The van der Waals surface area contributed by atoms with Gasteiger partial charge in [0.05, 0.1) is 25.0 Å². The van der Waals surface area contributed by atoms with E-state index >= 15 is 0 Å². The second kappa shape index (κ2) is 8.35. The van der Waals surface area contributed by atoms with Crippen molar-refractivity contribution in [1.82, 2.24) is 25.0 Å². The molecule has 0 unspecified atom stereocenters. The highest BCUT2D eigenvalue weighted by atomic mass is 32.2. The maximum absolute atomic E-state index is 12.4. The third-order valence-corrected chi connectivity index (χ3v) is 5.64. The minimum atomic E-state index is -0.365. The van der Waals surface area contributed by atoms with Gasteiger partial charge in [-0.1, -0.05) is 23.1 Å². The van der Waals surface area contributed by atoms with E-state index in [1.165, 1.54) is 23.1 Å². The third-order valence-electron chi connectivity index (χ3n) is 3.62. The first-order valence-corrected chi connectivity index (χ1v) is 9.59. The fourth-order valence-electron chi connectivity index (χ4n) is 2.16. The molecule has 1 atom stereocenters. The Morgan fingerprint density at radius 3 is 2.74 bits per heavy atom. The average Bonchev–Trinajstić information content (AvgIpc) is 3.30. The predicted molar refractivity (Wildman–Crippen MR) is 103 cm³/mol. The van der Waals surface area contributed by atoms with Crippen LogP contribution in [0.4, 0.5) is 5.13 Å². The van der Waals surface area contributed by atoms with Gasteiger partial charge in [-0.3, -0.25) is 10.1 Å². The summed E-state index contributed by atoms with van der Waals surface area (Å²) in [6, 6.07) is 5.43. The molecule has 0 saturated carbocycles. The number of anilines is 1. The maximum Gasteiger partial charge on any atom is 0.239 e. The number of hydrogen-bond donors (Lipinski definition) is 1. The number of benzene rings is 1. The van der Waals surface area contributed by atoms with Crippen LogP contribution < -0.4 is 14.8 Å². The molecular weight excluding hydrogens is 388 g/mol. The van der Waals surface area contributed by atoms with E-state index < -0.39 is 0 Å². The van der Waals surface area contributed by atoms with E-state index in [9.17, 15) is 4.79 Å². The zero-order valence-corrected chi connectivity index (χ0v) is 16.8. The lowest BCUT2D eigenvalue weighted by Crippen LogP contribution is -2.22. The zero-order chi connectivity index (χ0) is 19.4. The first kappa shape index (κ1) is 19.1. The van der Waals surface area contributed by atoms with Crippen molar-refractivity contribution in [3.05, 3.63) is 24.5 Å². The molecule has 1 N–H and O–H groups in total. The topological polar surface area (TPSA) is 104 Å². The van der Waals surface area contributed by atoms with Gasteiger partial charge < -0.3 is 14.0 Å². The molecule has 0 fully saturated rings. The lowest BCUT2D eigenvalue weighted by Gasteiger charge is -2.09. The van der Waals surface area contributed by atoms with Gasteiger partial charge >= 0.3 is 0 Å². The number of carbonyl (C=O) groups is 1. The van der Waals surface area contributed by atoms with E-state index in [0.29, 0.717) is 26.8 Å². The number of carbonyl (C=O) groups excluding carboxylic acids is 1. The zero-order valence-electron chi connectivity index (χ0n) is 15.2. The van der Waals surface area contributed by atoms with E-state index in [0.717, 1.165) is 5.56 Å². The number of hydrogen-bond acceptors (Lipinski definition) is 9. The van der Waals surface area contributed by atoms with Crippen LogP contribution in [0.2, 0.25) is 0 Å². The molecule has 2 heterocycles. The van der Waals surface area contributed by atoms with Gasteiger partial charge in [0, 0.05) is 13.1 Å². The number of aryl methyl sites for hydroxylation is 1. The summed E-state index contributed by atoms with van der Waals surface area (Å²) in [5.41, 5.74) is 0.776. The lowest BCUT2D eigenvalue weighted by molar-refractivity contribution is -0.115. The number of aromatic nitrogens is 5. The normalized spacial score (nSPS) is 11.9. The van der Waals surface area contributed by atoms with Gasteiger partial charge in [0.1, 0.15) is 17.8 Å². The summed E-state index contributed by atoms with van der Waals surface area (Å²) in [4.78, 5) is 12.4. The van der Waals surface area contributed by atoms with E-state index in [1.807, 2.05) is 19.2 Å². The Bertz CT molecular complexity index is 942. The highest BCUT2D eigenvalue weighted by Gasteiger charge is 2.20. The summed E-state index contributed by atoms with van der Waals surface area (Å²) in [7, 11) is 4.99. The molecule has 1 aromatic carbocycles. The number of thioether (sulfide) groups is 1. The van der Waals surface area contributed by atoms with Crippen molar-refractivity contribution in [3.8, 4) is 22.1 Å². The van der Waals surface area contributed by atoms with Crippen molar-refractivity contribution in [3.63, 3.8) is 0 Å². The summed E-state index contributed by atoms with van der Waals surface area (Å²) >= 11 is 2.59. The largest absolute Gasteiger partial charge is 0.497 e. The van der Waals surface area contributed by atoms with Crippen molar-refractivity contribution in [2.75, 3.05) is 19.5 Å². The molecule has 9 nitrogen and oxygen atoms in total. The van der Waals surface area contributed by atoms with E-state index in [-0.39, 0.29) is 11.2 Å². The lowest BCUT2D eigenvalue weighted by atomic mass is 10.2. The fraction of sp³-hybridized carbons (Fsp3) is 0.312.